The van der Waals surface area contributed by atoms with Gasteiger partial charge in [-0.2, -0.15) is 0 Å². The van der Waals surface area contributed by atoms with Crippen LogP contribution in [0.15, 0.2) is 48.5 Å². The number of nitrogens with two attached hydrogens (primary N) is 1. The smallest absolute Gasteiger partial charge is 0.188 e. The summed E-state index contributed by atoms with van der Waals surface area (Å²) >= 11 is 11.2. The average molecular weight is 306 g/mol. The molecule has 0 bridgehead atoms. The lowest BCUT2D eigenvalue weighted by molar-refractivity contribution is 0.441. The summed E-state index contributed by atoms with van der Waals surface area (Å²) in [5.74, 6) is 5.98. The van der Waals surface area contributed by atoms with E-state index in [4.69, 9.17) is 29.7 Å². The third kappa shape index (κ3) is 3.93. The van der Waals surface area contributed by atoms with Crippen LogP contribution in [0.25, 0.3) is 0 Å². The molecule has 0 saturated carbocycles. The molecule has 0 spiro atoms. The molecule has 2 rings (SSSR count). The molecule has 0 amide bonds. The summed E-state index contributed by atoms with van der Waals surface area (Å²) in [6.07, 6.45) is 0. The minimum Gasteiger partial charge on any atom is -0.331 e. The summed E-state index contributed by atoms with van der Waals surface area (Å²) < 4.78 is 0. The molecule has 2 aromatic rings. The van der Waals surface area contributed by atoms with Crippen molar-refractivity contribution >= 4 is 34.6 Å². The van der Waals surface area contributed by atoms with E-state index in [1.54, 1.807) is 0 Å². The zero-order chi connectivity index (χ0) is 14.5. The fourth-order valence-corrected chi connectivity index (χ4v) is 2.21. The normalized spacial score (nSPS) is 10.2. The molecule has 0 fully saturated rings. The van der Waals surface area contributed by atoms with Gasteiger partial charge in [0.15, 0.2) is 5.11 Å². The molecule has 0 atom stereocenters. The number of rotatable bonds is 3. The van der Waals surface area contributed by atoms with E-state index in [1.165, 1.54) is 5.01 Å². The predicted octanol–water partition coefficient (Wildman–Crippen LogP) is 3.72. The highest BCUT2D eigenvalue weighted by atomic mass is 35.5. The highest BCUT2D eigenvalue weighted by molar-refractivity contribution is 7.80. The number of hydrogen-bond donors (Lipinski definition) is 2. The quantitative estimate of drug-likeness (QED) is 0.515. The lowest BCUT2D eigenvalue weighted by atomic mass is 10.2. The fraction of sp³-hybridized carbons (Fsp3) is 0.133. The molecule has 2 aromatic carbocycles. The Hall–Kier alpha value is -1.62. The summed E-state index contributed by atoms with van der Waals surface area (Å²) in [5.41, 5.74) is 3.03. The van der Waals surface area contributed by atoms with Gasteiger partial charge >= 0.3 is 0 Å². The Kier molecular flexibility index (Phi) is 4.95. The van der Waals surface area contributed by atoms with Gasteiger partial charge in [0.1, 0.15) is 0 Å². The van der Waals surface area contributed by atoms with Gasteiger partial charge < -0.3 is 5.32 Å². The van der Waals surface area contributed by atoms with Gasteiger partial charge in [-0.3, -0.25) is 5.01 Å². The topological polar surface area (TPSA) is 41.3 Å². The molecule has 0 unspecified atom stereocenters. The van der Waals surface area contributed by atoms with Crippen molar-refractivity contribution in [2.24, 2.45) is 5.84 Å². The zero-order valence-corrected chi connectivity index (χ0v) is 12.7. The van der Waals surface area contributed by atoms with Crippen molar-refractivity contribution in [1.29, 1.82) is 0 Å². The fourth-order valence-electron chi connectivity index (χ4n) is 1.81. The van der Waals surface area contributed by atoms with Crippen LogP contribution in [-0.4, -0.2) is 10.1 Å². The molecule has 0 aromatic heterocycles. The predicted molar refractivity (Wildman–Crippen MR) is 88.6 cm³/mol. The first kappa shape index (κ1) is 14.8. The second-order valence-corrected chi connectivity index (χ2v) is 5.33. The number of anilines is 1. The molecular formula is C15H16ClN3S. The van der Waals surface area contributed by atoms with E-state index >= 15 is 0 Å². The molecule has 0 heterocycles. The first-order valence-electron chi connectivity index (χ1n) is 6.19. The number of thiocarbonyl (C=S) groups is 1. The van der Waals surface area contributed by atoms with Gasteiger partial charge in [-0.15, -0.1) is 0 Å². The molecule has 3 nitrogen and oxygen atoms in total. The van der Waals surface area contributed by atoms with Crippen molar-refractivity contribution < 1.29 is 0 Å². The summed E-state index contributed by atoms with van der Waals surface area (Å²) in [7, 11) is 0. The lowest BCUT2D eigenvalue weighted by Crippen LogP contribution is -2.39. The van der Waals surface area contributed by atoms with Crippen molar-refractivity contribution in [3.63, 3.8) is 0 Å². The van der Waals surface area contributed by atoms with Crippen LogP contribution in [0.5, 0.6) is 0 Å². The van der Waals surface area contributed by atoms with Crippen molar-refractivity contribution in [2.75, 3.05) is 5.32 Å². The Balaban J connectivity index is 2.01. The molecule has 20 heavy (non-hydrogen) atoms. The van der Waals surface area contributed by atoms with E-state index in [0.29, 0.717) is 16.7 Å². The van der Waals surface area contributed by atoms with Gasteiger partial charge in [0.25, 0.3) is 0 Å². The van der Waals surface area contributed by atoms with Gasteiger partial charge in [0, 0.05) is 10.7 Å². The Labute approximate surface area is 129 Å². The highest BCUT2D eigenvalue weighted by Crippen LogP contribution is 2.19. The van der Waals surface area contributed by atoms with Gasteiger partial charge in [0.2, 0.25) is 0 Å². The Bertz CT molecular complexity index is 601. The van der Waals surface area contributed by atoms with Crippen LogP contribution in [0.4, 0.5) is 5.69 Å². The largest absolute Gasteiger partial charge is 0.331 e. The molecule has 0 aliphatic rings. The molecule has 0 aliphatic carbocycles. The Morgan fingerprint density at radius 3 is 2.60 bits per heavy atom. The molecule has 0 aliphatic heterocycles. The van der Waals surface area contributed by atoms with Crippen LogP contribution >= 0.6 is 23.8 Å². The first-order valence-corrected chi connectivity index (χ1v) is 6.98. The number of hydrogen-bond acceptors (Lipinski definition) is 2. The minimum absolute atomic E-state index is 0.472. The SMILES string of the molecule is Cc1cc(Cl)ccc1NC(=S)N(N)Cc1ccccc1. The summed E-state index contributed by atoms with van der Waals surface area (Å²) in [5, 5.41) is 5.82. The average Bonchev–Trinajstić information content (AvgIpc) is 2.43. The Morgan fingerprint density at radius 2 is 1.95 bits per heavy atom. The molecule has 3 N–H and O–H groups in total. The molecule has 5 heteroatoms. The molecule has 0 radical (unpaired) electrons. The summed E-state index contributed by atoms with van der Waals surface area (Å²) in [4.78, 5) is 0. The van der Waals surface area contributed by atoms with Gasteiger partial charge in [-0.1, -0.05) is 41.9 Å². The number of halogens is 1. The molecular weight excluding hydrogens is 290 g/mol. The van der Waals surface area contributed by atoms with Crippen LogP contribution < -0.4 is 11.2 Å². The van der Waals surface area contributed by atoms with Gasteiger partial charge in [-0.25, -0.2) is 5.84 Å². The van der Waals surface area contributed by atoms with E-state index in [2.05, 4.69) is 5.32 Å². The third-order valence-electron chi connectivity index (χ3n) is 2.89. The van der Waals surface area contributed by atoms with Crippen LogP contribution in [-0.2, 0) is 6.54 Å². The van der Waals surface area contributed by atoms with E-state index in [1.807, 2.05) is 55.5 Å². The van der Waals surface area contributed by atoms with E-state index in [0.717, 1.165) is 16.8 Å². The number of aryl methyl sites for hydroxylation is 1. The maximum atomic E-state index is 5.98. The number of hydrazine groups is 1. The monoisotopic (exact) mass is 305 g/mol. The highest BCUT2D eigenvalue weighted by Gasteiger charge is 2.07. The van der Waals surface area contributed by atoms with Gasteiger partial charge in [0.05, 0.1) is 6.54 Å². The van der Waals surface area contributed by atoms with Crippen molar-refractivity contribution in [1.82, 2.24) is 5.01 Å². The van der Waals surface area contributed by atoms with Crippen molar-refractivity contribution in [3.05, 3.63) is 64.7 Å². The van der Waals surface area contributed by atoms with Crippen LogP contribution in [0.1, 0.15) is 11.1 Å². The van der Waals surface area contributed by atoms with E-state index in [9.17, 15) is 0 Å². The summed E-state index contributed by atoms with van der Waals surface area (Å²) in [6.45, 7) is 2.52. The number of nitrogens with one attached hydrogen (secondary N) is 1. The van der Waals surface area contributed by atoms with Crippen molar-refractivity contribution in [3.8, 4) is 0 Å². The van der Waals surface area contributed by atoms with Crippen molar-refractivity contribution in [2.45, 2.75) is 13.5 Å². The maximum absolute atomic E-state index is 5.98. The van der Waals surface area contributed by atoms with Crippen LogP contribution in [0, 0.1) is 6.92 Å². The standard InChI is InChI=1S/C15H16ClN3S/c1-11-9-13(16)7-8-14(11)18-15(20)19(17)10-12-5-3-2-4-6-12/h2-9H,10,17H2,1H3,(H,18,20). The summed E-state index contributed by atoms with van der Waals surface area (Å²) in [6, 6.07) is 15.5. The minimum atomic E-state index is 0.472. The zero-order valence-electron chi connectivity index (χ0n) is 11.1. The third-order valence-corrected chi connectivity index (χ3v) is 3.46. The first-order chi connectivity index (χ1) is 9.56. The second kappa shape index (κ2) is 6.70. The Morgan fingerprint density at radius 1 is 1.25 bits per heavy atom. The van der Waals surface area contributed by atoms with Gasteiger partial charge in [-0.05, 0) is 48.5 Å². The van der Waals surface area contributed by atoms with E-state index in [-0.39, 0.29) is 0 Å². The maximum Gasteiger partial charge on any atom is 0.188 e. The van der Waals surface area contributed by atoms with Crippen LogP contribution in [0.3, 0.4) is 0 Å². The second-order valence-electron chi connectivity index (χ2n) is 4.50. The molecule has 104 valence electrons. The van der Waals surface area contributed by atoms with E-state index < -0.39 is 0 Å². The van der Waals surface area contributed by atoms with Crippen LogP contribution in [0.2, 0.25) is 5.02 Å². The molecule has 0 saturated heterocycles. The number of nitrogens with zero attached hydrogens (tertiary/aromatic N) is 1. The number of benzene rings is 2. The lowest BCUT2D eigenvalue weighted by Gasteiger charge is -2.21.